The molecule has 2 aromatic rings. The Kier molecular flexibility index (Phi) is 12.1. The van der Waals surface area contributed by atoms with E-state index in [0.717, 1.165) is 56.5 Å². The molecule has 5 N–H and O–H groups in total. The minimum Gasteiger partial charge on any atom is -0.383 e. The summed E-state index contributed by atoms with van der Waals surface area (Å²) < 4.78 is 1.92. The van der Waals surface area contributed by atoms with Crippen LogP contribution in [-0.4, -0.2) is 63.9 Å². The van der Waals surface area contributed by atoms with Crippen LogP contribution in [0.25, 0.3) is 0 Å². The van der Waals surface area contributed by atoms with Gasteiger partial charge in [0.1, 0.15) is 0 Å². The van der Waals surface area contributed by atoms with Crippen LogP contribution in [0.5, 0.6) is 0 Å². The quantitative estimate of drug-likeness (QED) is 0.164. The Hall–Kier alpha value is -3.73. The van der Waals surface area contributed by atoms with Crippen molar-refractivity contribution in [2.75, 3.05) is 31.5 Å². The highest BCUT2D eigenvalue weighted by Crippen LogP contribution is 2.22. The van der Waals surface area contributed by atoms with Gasteiger partial charge in [-0.25, -0.2) is 9.48 Å². The zero-order valence-corrected chi connectivity index (χ0v) is 23.9. The first kappa shape index (κ1) is 30.8. The second-order valence-electron chi connectivity index (χ2n) is 10.7. The molecule has 1 aromatic carbocycles. The summed E-state index contributed by atoms with van der Waals surface area (Å²) in [6.07, 6.45) is 10.0. The van der Waals surface area contributed by atoms with Gasteiger partial charge in [-0.2, -0.15) is 0 Å². The van der Waals surface area contributed by atoms with Gasteiger partial charge in [0.25, 0.3) is 11.8 Å². The minimum absolute atomic E-state index is 0.0506. The number of primary amides is 1. The molecule has 0 unspecified atom stereocenters. The van der Waals surface area contributed by atoms with Crippen LogP contribution in [0.1, 0.15) is 75.7 Å². The van der Waals surface area contributed by atoms with Gasteiger partial charge in [0.2, 0.25) is 0 Å². The lowest BCUT2D eigenvalue weighted by Gasteiger charge is -2.21. The third-order valence-electron chi connectivity index (χ3n) is 7.07. The lowest BCUT2D eigenvalue weighted by atomic mass is 10.0. The summed E-state index contributed by atoms with van der Waals surface area (Å²) in [7, 11) is 0. The topological polar surface area (TPSA) is 147 Å². The number of nitrogens with one attached hydrogen (secondary N) is 3. The molecule has 3 rings (SSSR count). The molecule has 40 heavy (non-hydrogen) atoms. The van der Waals surface area contributed by atoms with E-state index in [0.29, 0.717) is 25.6 Å². The van der Waals surface area contributed by atoms with E-state index in [4.69, 9.17) is 5.73 Å². The van der Waals surface area contributed by atoms with E-state index in [1.807, 2.05) is 10.9 Å². The fourth-order valence-corrected chi connectivity index (χ4v) is 4.73. The number of nitrogens with two attached hydrogens (primary N) is 1. The van der Waals surface area contributed by atoms with E-state index < -0.39 is 6.03 Å². The largest absolute Gasteiger partial charge is 0.383 e. The smallest absolute Gasteiger partial charge is 0.312 e. The van der Waals surface area contributed by atoms with Gasteiger partial charge in [0.05, 0.1) is 24.0 Å². The summed E-state index contributed by atoms with van der Waals surface area (Å²) in [5.74, 6) is -0.0984. The van der Waals surface area contributed by atoms with E-state index in [1.165, 1.54) is 22.6 Å². The second kappa shape index (κ2) is 15.8. The zero-order valence-electron chi connectivity index (χ0n) is 23.9. The zero-order chi connectivity index (χ0) is 28.9. The van der Waals surface area contributed by atoms with Crippen LogP contribution in [-0.2, 0) is 9.59 Å². The first-order valence-corrected chi connectivity index (χ1v) is 14.3. The number of benzene rings is 1. The molecule has 0 fully saturated rings. The highest BCUT2D eigenvalue weighted by atomic mass is 16.2. The summed E-state index contributed by atoms with van der Waals surface area (Å²) in [5.41, 5.74) is 8.38. The van der Waals surface area contributed by atoms with Gasteiger partial charge >= 0.3 is 6.03 Å². The Labute approximate surface area is 236 Å². The second-order valence-corrected chi connectivity index (χ2v) is 10.7. The van der Waals surface area contributed by atoms with Crippen molar-refractivity contribution < 1.29 is 14.4 Å². The molecule has 2 heterocycles. The molecule has 11 nitrogen and oxygen atoms in total. The first-order chi connectivity index (χ1) is 19.2. The molecule has 2 atom stereocenters. The van der Waals surface area contributed by atoms with Gasteiger partial charge in [0.15, 0.2) is 0 Å². The van der Waals surface area contributed by atoms with Gasteiger partial charge in [-0.1, -0.05) is 49.6 Å². The van der Waals surface area contributed by atoms with E-state index in [-0.39, 0.29) is 23.9 Å². The number of aryl methyl sites for hydroxylation is 1. The summed E-state index contributed by atoms with van der Waals surface area (Å²) in [6.45, 7) is 8.91. The van der Waals surface area contributed by atoms with Gasteiger partial charge in [0, 0.05) is 37.5 Å². The molecule has 1 aliphatic heterocycles. The maximum atomic E-state index is 11.6. The Morgan fingerprint density at radius 1 is 0.975 bits per heavy atom. The van der Waals surface area contributed by atoms with E-state index >= 15 is 0 Å². The number of urea groups is 1. The number of rotatable bonds is 18. The van der Waals surface area contributed by atoms with E-state index in [2.05, 4.69) is 71.3 Å². The van der Waals surface area contributed by atoms with Crippen LogP contribution in [0.2, 0.25) is 0 Å². The van der Waals surface area contributed by atoms with Crippen molar-refractivity contribution in [3.8, 4) is 0 Å². The van der Waals surface area contributed by atoms with Gasteiger partial charge in [-0.3, -0.25) is 14.5 Å². The standard InChI is InChI=1S/C29H44N8O3/c1-21(2)28(31-16-6-4-5-7-18-36-26(38)14-15-27(36)39)25-20-37(35-34-25)24(9-8-17-32-29(30)40)19-33-23-12-10-22(3)11-13-23/h10-15,20-21,24,28,31,33H,4-9,16-19H2,1-3H3,(H3,30,32,40)/t24-,28-/m0/s1. The van der Waals surface area contributed by atoms with Gasteiger partial charge < -0.3 is 21.7 Å². The molecule has 0 aliphatic carbocycles. The first-order valence-electron chi connectivity index (χ1n) is 14.3. The van der Waals surface area contributed by atoms with Crippen LogP contribution in [0.4, 0.5) is 10.5 Å². The molecule has 1 aliphatic rings. The molecule has 0 radical (unpaired) electrons. The van der Waals surface area contributed by atoms with Crippen LogP contribution >= 0.6 is 0 Å². The highest BCUT2D eigenvalue weighted by Gasteiger charge is 2.23. The number of carbonyl (C=O) groups is 3. The summed E-state index contributed by atoms with van der Waals surface area (Å²) >= 11 is 0. The highest BCUT2D eigenvalue weighted by molar-refractivity contribution is 6.12. The number of carbonyl (C=O) groups excluding carboxylic acids is 3. The Morgan fingerprint density at radius 2 is 1.68 bits per heavy atom. The number of nitrogens with zero attached hydrogens (tertiary/aromatic N) is 4. The maximum absolute atomic E-state index is 11.6. The molecule has 0 saturated heterocycles. The average molecular weight is 553 g/mol. The lowest BCUT2D eigenvalue weighted by molar-refractivity contribution is -0.136. The maximum Gasteiger partial charge on any atom is 0.312 e. The monoisotopic (exact) mass is 552 g/mol. The van der Waals surface area contributed by atoms with Crippen molar-refractivity contribution in [3.63, 3.8) is 0 Å². The van der Waals surface area contributed by atoms with Crippen molar-refractivity contribution >= 4 is 23.5 Å². The molecule has 4 amide bonds. The Balaban J connectivity index is 1.50. The fraction of sp³-hybridized carbons (Fsp3) is 0.552. The molecule has 0 spiro atoms. The summed E-state index contributed by atoms with van der Waals surface area (Å²) in [5, 5.41) is 18.8. The number of hydrogen-bond donors (Lipinski definition) is 4. The van der Waals surface area contributed by atoms with Crippen LogP contribution < -0.4 is 21.7 Å². The Morgan fingerprint density at radius 3 is 2.35 bits per heavy atom. The third kappa shape index (κ3) is 9.78. The number of imide groups is 1. The molecule has 0 bridgehead atoms. The van der Waals surface area contributed by atoms with E-state index in [1.54, 1.807) is 0 Å². The van der Waals surface area contributed by atoms with Crippen molar-refractivity contribution in [3.05, 3.63) is 53.9 Å². The SMILES string of the molecule is Cc1ccc(NC[C@H](CCCNC(N)=O)n2cc([C@@H](NCCCCCCN3C(=O)C=CC3=O)C(C)C)nn2)cc1. The predicted molar refractivity (Wildman–Crippen MR) is 155 cm³/mol. The molecular formula is C29H44N8O3. The third-order valence-corrected chi connectivity index (χ3v) is 7.07. The van der Waals surface area contributed by atoms with Gasteiger partial charge in [-0.05, 0) is 57.2 Å². The number of aromatic nitrogens is 3. The molecule has 1 aromatic heterocycles. The number of amides is 4. The van der Waals surface area contributed by atoms with Crippen molar-refractivity contribution in [1.82, 2.24) is 30.5 Å². The molecule has 0 saturated carbocycles. The summed E-state index contributed by atoms with van der Waals surface area (Å²) in [4.78, 5) is 35.7. The minimum atomic E-state index is -0.516. The molecule has 218 valence electrons. The lowest BCUT2D eigenvalue weighted by Crippen LogP contribution is -2.30. The average Bonchev–Trinajstić information content (AvgIpc) is 3.52. The summed E-state index contributed by atoms with van der Waals surface area (Å²) in [6, 6.07) is 7.89. The Bertz CT molecular complexity index is 1110. The predicted octanol–water partition coefficient (Wildman–Crippen LogP) is 3.46. The number of anilines is 1. The van der Waals surface area contributed by atoms with Crippen LogP contribution in [0, 0.1) is 12.8 Å². The fourth-order valence-electron chi connectivity index (χ4n) is 4.73. The normalized spacial score (nSPS) is 14.7. The van der Waals surface area contributed by atoms with Crippen molar-refractivity contribution in [1.29, 1.82) is 0 Å². The van der Waals surface area contributed by atoms with E-state index in [9.17, 15) is 14.4 Å². The number of unbranched alkanes of at least 4 members (excludes halogenated alkanes) is 3. The van der Waals surface area contributed by atoms with Crippen molar-refractivity contribution in [2.45, 2.75) is 71.4 Å². The molecule has 11 heteroatoms. The van der Waals surface area contributed by atoms with Gasteiger partial charge in [-0.15, -0.1) is 5.10 Å². The van der Waals surface area contributed by atoms with Crippen LogP contribution in [0.15, 0.2) is 42.6 Å². The van der Waals surface area contributed by atoms with Crippen molar-refractivity contribution in [2.24, 2.45) is 11.7 Å². The van der Waals surface area contributed by atoms with Crippen LogP contribution in [0.3, 0.4) is 0 Å². The molecular weight excluding hydrogens is 508 g/mol. The number of hydrogen-bond acceptors (Lipinski definition) is 7.